The summed E-state index contributed by atoms with van der Waals surface area (Å²) in [5.41, 5.74) is 0.587. The Labute approximate surface area is 120 Å². The lowest BCUT2D eigenvalue weighted by Crippen LogP contribution is -2.05. The Hall–Kier alpha value is -2.01. The lowest BCUT2D eigenvalue weighted by molar-refractivity contribution is -0.137. The van der Waals surface area contributed by atoms with Crippen molar-refractivity contribution in [2.24, 2.45) is 0 Å². The molecule has 0 fully saturated rings. The fourth-order valence-corrected chi connectivity index (χ4v) is 1.91. The average Bonchev–Trinajstić information content (AvgIpc) is 2.45. The van der Waals surface area contributed by atoms with E-state index in [2.05, 4.69) is 0 Å². The van der Waals surface area contributed by atoms with Crippen LogP contribution < -0.4 is 4.74 Å². The van der Waals surface area contributed by atoms with Gasteiger partial charge < -0.3 is 9.84 Å². The number of hydrogen-bond acceptors (Lipinski definition) is 2. The van der Waals surface area contributed by atoms with Gasteiger partial charge in [0.25, 0.3) is 0 Å². The molecule has 2 aromatic rings. The van der Waals surface area contributed by atoms with E-state index in [0.717, 1.165) is 12.1 Å². The van der Waals surface area contributed by atoms with Gasteiger partial charge in [-0.15, -0.1) is 0 Å². The minimum absolute atomic E-state index is 0.141. The van der Waals surface area contributed by atoms with E-state index in [0.29, 0.717) is 16.9 Å². The second kappa shape index (κ2) is 6.18. The summed E-state index contributed by atoms with van der Waals surface area (Å²) in [7, 11) is 0. The Morgan fingerprint density at radius 1 is 1.05 bits per heavy atom. The maximum atomic E-state index is 12.5. The van der Waals surface area contributed by atoms with E-state index in [1.165, 1.54) is 12.1 Å². The number of halogens is 3. The first kappa shape index (κ1) is 15.4. The van der Waals surface area contributed by atoms with E-state index < -0.39 is 17.8 Å². The standard InChI is InChI=1S/C16H15F3O2/c1-11(20)14-4-2-3-5-15(14)21-10-12-6-8-13(9-7-12)16(17,18)19/h2-9,11,20H,10H2,1H3. The minimum Gasteiger partial charge on any atom is -0.489 e. The molecule has 1 unspecified atom stereocenters. The topological polar surface area (TPSA) is 29.5 Å². The molecule has 0 saturated heterocycles. The van der Waals surface area contributed by atoms with Crippen LogP contribution in [0.15, 0.2) is 48.5 Å². The smallest absolute Gasteiger partial charge is 0.416 e. The van der Waals surface area contributed by atoms with E-state index in [1.807, 2.05) is 0 Å². The molecule has 0 saturated carbocycles. The van der Waals surface area contributed by atoms with Gasteiger partial charge >= 0.3 is 6.18 Å². The van der Waals surface area contributed by atoms with Gasteiger partial charge in [0.1, 0.15) is 12.4 Å². The number of aliphatic hydroxyl groups excluding tert-OH is 1. The molecule has 0 bridgehead atoms. The molecule has 5 heteroatoms. The fourth-order valence-electron chi connectivity index (χ4n) is 1.91. The second-order valence-corrected chi connectivity index (χ2v) is 4.70. The SMILES string of the molecule is CC(O)c1ccccc1OCc1ccc(C(F)(F)F)cc1. The van der Waals surface area contributed by atoms with E-state index in [-0.39, 0.29) is 6.61 Å². The number of rotatable bonds is 4. The molecule has 0 heterocycles. The fraction of sp³-hybridized carbons (Fsp3) is 0.250. The van der Waals surface area contributed by atoms with Crippen LogP contribution in [-0.2, 0) is 12.8 Å². The molecular formula is C16H15F3O2. The summed E-state index contributed by atoms with van der Waals surface area (Å²) >= 11 is 0. The van der Waals surface area contributed by atoms with Crippen molar-refractivity contribution >= 4 is 0 Å². The van der Waals surface area contributed by atoms with Gasteiger partial charge in [-0.05, 0) is 30.7 Å². The van der Waals surface area contributed by atoms with Gasteiger partial charge in [0.05, 0.1) is 11.7 Å². The van der Waals surface area contributed by atoms with Crippen LogP contribution in [0.25, 0.3) is 0 Å². The highest BCUT2D eigenvalue weighted by Crippen LogP contribution is 2.29. The zero-order chi connectivity index (χ0) is 15.5. The Morgan fingerprint density at radius 2 is 1.67 bits per heavy atom. The third kappa shape index (κ3) is 3.98. The predicted octanol–water partition coefficient (Wildman–Crippen LogP) is 4.34. The molecule has 0 aliphatic carbocycles. The van der Waals surface area contributed by atoms with Crippen LogP contribution in [-0.4, -0.2) is 5.11 Å². The molecule has 0 aromatic heterocycles. The molecule has 0 radical (unpaired) electrons. The Balaban J connectivity index is 2.07. The summed E-state index contributed by atoms with van der Waals surface area (Å²) in [5.74, 6) is 0.521. The second-order valence-electron chi connectivity index (χ2n) is 4.70. The van der Waals surface area contributed by atoms with Crippen molar-refractivity contribution in [2.75, 3.05) is 0 Å². The van der Waals surface area contributed by atoms with E-state index >= 15 is 0 Å². The molecular weight excluding hydrogens is 281 g/mol. The Kier molecular flexibility index (Phi) is 4.53. The quantitative estimate of drug-likeness (QED) is 0.909. The number of ether oxygens (including phenoxy) is 1. The highest BCUT2D eigenvalue weighted by atomic mass is 19.4. The number of hydrogen-bond donors (Lipinski definition) is 1. The molecule has 0 spiro atoms. The van der Waals surface area contributed by atoms with E-state index in [4.69, 9.17) is 4.74 Å². The van der Waals surface area contributed by atoms with Crippen LogP contribution in [0.4, 0.5) is 13.2 Å². The van der Waals surface area contributed by atoms with Crippen molar-refractivity contribution in [1.82, 2.24) is 0 Å². The third-order valence-electron chi connectivity index (χ3n) is 3.04. The van der Waals surface area contributed by atoms with Gasteiger partial charge in [-0.25, -0.2) is 0 Å². The normalized spacial score (nSPS) is 13.0. The van der Waals surface area contributed by atoms with Crippen molar-refractivity contribution in [3.63, 3.8) is 0 Å². The summed E-state index contributed by atoms with van der Waals surface area (Å²) in [6, 6.07) is 11.8. The molecule has 2 aromatic carbocycles. The van der Waals surface area contributed by atoms with Crippen LogP contribution in [0.3, 0.4) is 0 Å². The van der Waals surface area contributed by atoms with Gasteiger partial charge in [-0.2, -0.15) is 13.2 Å². The van der Waals surface area contributed by atoms with Crippen molar-refractivity contribution in [2.45, 2.75) is 25.8 Å². The highest BCUT2D eigenvalue weighted by Gasteiger charge is 2.29. The molecule has 0 aliphatic rings. The number of para-hydroxylation sites is 1. The van der Waals surface area contributed by atoms with Crippen LogP contribution in [0.1, 0.15) is 29.7 Å². The van der Waals surface area contributed by atoms with E-state index in [9.17, 15) is 18.3 Å². The summed E-state index contributed by atoms with van der Waals surface area (Å²) in [5, 5.41) is 9.62. The van der Waals surface area contributed by atoms with Gasteiger partial charge in [0, 0.05) is 5.56 Å². The van der Waals surface area contributed by atoms with Crippen LogP contribution in [0, 0.1) is 0 Å². The molecule has 1 atom stereocenters. The maximum absolute atomic E-state index is 12.5. The Morgan fingerprint density at radius 3 is 2.24 bits per heavy atom. The van der Waals surface area contributed by atoms with Crippen molar-refractivity contribution in [1.29, 1.82) is 0 Å². The lowest BCUT2D eigenvalue weighted by Gasteiger charge is -2.13. The number of benzene rings is 2. The largest absolute Gasteiger partial charge is 0.489 e. The van der Waals surface area contributed by atoms with Gasteiger partial charge in [0.15, 0.2) is 0 Å². The maximum Gasteiger partial charge on any atom is 0.416 e. The monoisotopic (exact) mass is 296 g/mol. The molecule has 2 nitrogen and oxygen atoms in total. The van der Waals surface area contributed by atoms with Gasteiger partial charge in [-0.3, -0.25) is 0 Å². The number of aliphatic hydroxyl groups is 1. The summed E-state index contributed by atoms with van der Waals surface area (Å²) in [4.78, 5) is 0. The predicted molar refractivity (Wildman–Crippen MR) is 72.9 cm³/mol. The van der Waals surface area contributed by atoms with Crippen LogP contribution >= 0.6 is 0 Å². The molecule has 112 valence electrons. The molecule has 21 heavy (non-hydrogen) atoms. The lowest BCUT2D eigenvalue weighted by atomic mass is 10.1. The first-order chi connectivity index (χ1) is 9.88. The summed E-state index contributed by atoms with van der Waals surface area (Å²) in [6.07, 6.45) is -5.01. The van der Waals surface area contributed by atoms with Crippen molar-refractivity contribution in [3.8, 4) is 5.75 Å². The van der Waals surface area contributed by atoms with Crippen molar-refractivity contribution < 1.29 is 23.0 Å². The zero-order valence-corrected chi connectivity index (χ0v) is 11.4. The molecule has 1 N–H and O–H groups in total. The Bertz CT molecular complexity index is 589. The first-order valence-corrected chi connectivity index (χ1v) is 6.44. The number of alkyl halides is 3. The minimum atomic E-state index is -4.34. The molecule has 2 rings (SSSR count). The third-order valence-corrected chi connectivity index (χ3v) is 3.04. The average molecular weight is 296 g/mol. The highest BCUT2D eigenvalue weighted by molar-refractivity contribution is 5.35. The zero-order valence-electron chi connectivity index (χ0n) is 11.4. The van der Waals surface area contributed by atoms with E-state index in [1.54, 1.807) is 31.2 Å². The van der Waals surface area contributed by atoms with Gasteiger partial charge in [-0.1, -0.05) is 30.3 Å². The summed E-state index contributed by atoms with van der Waals surface area (Å²) in [6.45, 7) is 1.77. The van der Waals surface area contributed by atoms with Crippen LogP contribution in [0.5, 0.6) is 5.75 Å². The van der Waals surface area contributed by atoms with Gasteiger partial charge in [0.2, 0.25) is 0 Å². The summed E-state index contributed by atoms with van der Waals surface area (Å²) < 4.78 is 42.9. The van der Waals surface area contributed by atoms with Crippen molar-refractivity contribution in [3.05, 3.63) is 65.2 Å². The molecule has 0 aliphatic heterocycles. The first-order valence-electron chi connectivity index (χ1n) is 6.44. The van der Waals surface area contributed by atoms with Crippen LogP contribution in [0.2, 0.25) is 0 Å². The molecule has 0 amide bonds.